The molecule has 228 valence electrons. The van der Waals surface area contributed by atoms with Crippen molar-refractivity contribution < 1.29 is 18.9 Å². The molecular formula is C36H30N6O4. The molecule has 3 heterocycles. The molecule has 0 saturated heterocycles. The zero-order valence-corrected chi connectivity index (χ0v) is 25.6. The van der Waals surface area contributed by atoms with Gasteiger partial charge in [-0.15, -0.1) is 0 Å². The summed E-state index contributed by atoms with van der Waals surface area (Å²) in [5.41, 5.74) is 1.97. The molecule has 2 aromatic carbocycles. The number of nitriles is 4. The van der Waals surface area contributed by atoms with Gasteiger partial charge in [-0.1, -0.05) is 39.5 Å². The number of hydrogen-bond acceptors (Lipinski definition) is 10. The Balaban J connectivity index is 1.72. The van der Waals surface area contributed by atoms with Gasteiger partial charge in [-0.25, -0.2) is 0 Å². The first-order valence-corrected chi connectivity index (χ1v) is 15.2. The second-order valence-corrected chi connectivity index (χ2v) is 10.8. The third-order valence-electron chi connectivity index (χ3n) is 7.26. The molecule has 0 spiro atoms. The number of rotatable bonds is 8. The zero-order valence-electron chi connectivity index (χ0n) is 25.6. The summed E-state index contributed by atoms with van der Waals surface area (Å²) in [6, 6.07) is 21.4. The van der Waals surface area contributed by atoms with Crippen molar-refractivity contribution in [2.24, 2.45) is 0 Å². The summed E-state index contributed by atoms with van der Waals surface area (Å²) < 4.78 is 24.7. The van der Waals surface area contributed by atoms with Crippen LogP contribution >= 0.6 is 0 Å². The Bertz CT molecular complexity index is 1690. The van der Waals surface area contributed by atoms with E-state index >= 15 is 0 Å². The minimum Gasteiger partial charge on any atom is -0.437 e. The number of unbranched alkanes of at least 4 members (excludes halogenated alkanes) is 4. The Kier molecular flexibility index (Phi) is 9.93. The van der Waals surface area contributed by atoms with Gasteiger partial charge in [0, 0.05) is 12.1 Å². The molecule has 1 aliphatic heterocycles. The minimum absolute atomic E-state index is 0.0476. The van der Waals surface area contributed by atoms with Gasteiger partial charge in [-0.3, -0.25) is 0 Å². The van der Waals surface area contributed by atoms with Crippen molar-refractivity contribution in [2.75, 3.05) is 0 Å². The van der Waals surface area contributed by atoms with Gasteiger partial charge in [0.05, 0.1) is 0 Å². The van der Waals surface area contributed by atoms with Crippen LogP contribution < -0.4 is 18.9 Å². The summed E-state index contributed by atoms with van der Waals surface area (Å²) in [6.45, 7) is 4.23. The number of aromatic nitrogens is 2. The van der Waals surface area contributed by atoms with Gasteiger partial charge in [-0.2, -0.15) is 31.0 Å². The van der Waals surface area contributed by atoms with Crippen molar-refractivity contribution in [1.29, 1.82) is 21.0 Å². The predicted molar refractivity (Wildman–Crippen MR) is 167 cm³/mol. The van der Waals surface area contributed by atoms with Crippen molar-refractivity contribution in [3.05, 3.63) is 81.9 Å². The van der Waals surface area contributed by atoms with Crippen LogP contribution in [0.1, 0.15) is 85.8 Å². The van der Waals surface area contributed by atoms with E-state index in [4.69, 9.17) is 18.9 Å². The van der Waals surface area contributed by atoms with Gasteiger partial charge >= 0.3 is 0 Å². The summed E-state index contributed by atoms with van der Waals surface area (Å²) in [5, 5.41) is 39.6. The van der Waals surface area contributed by atoms with Gasteiger partial charge in [0.2, 0.25) is 23.5 Å². The van der Waals surface area contributed by atoms with Crippen molar-refractivity contribution in [1.82, 2.24) is 9.97 Å². The predicted octanol–water partition coefficient (Wildman–Crippen LogP) is 8.91. The van der Waals surface area contributed by atoms with Gasteiger partial charge in [0.15, 0.2) is 0 Å². The Morgan fingerprint density at radius 3 is 1.02 bits per heavy atom. The highest BCUT2D eigenvalue weighted by Gasteiger charge is 2.21. The second-order valence-electron chi connectivity index (χ2n) is 10.8. The molecule has 5 rings (SSSR count). The molecule has 0 unspecified atom stereocenters. The summed E-state index contributed by atoms with van der Waals surface area (Å²) in [5.74, 6) is 1.08. The number of pyridine rings is 2. The molecule has 0 N–H and O–H groups in total. The highest BCUT2D eigenvalue weighted by Crippen LogP contribution is 2.38. The highest BCUT2D eigenvalue weighted by molar-refractivity contribution is 5.55. The molecule has 10 nitrogen and oxygen atoms in total. The first-order valence-electron chi connectivity index (χ1n) is 15.2. The Morgan fingerprint density at radius 2 is 0.761 bits per heavy atom. The first kappa shape index (κ1) is 31.3. The lowest BCUT2D eigenvalue weighted by atomic mass is 10.1. The van der Waals surface area contributed by atoms with Crippen LogP contribution in [-0.2, 0) is 12.8 Å². The standard InChI is InChI=1S/C36H30N6O4/c1-3-5-7-9-23-11-29-17-30(12-23)44-34-26(20-38)16-28(22-40)36(42-34)46-32-14-24(10-8-6-4-2)13-31(18-32)45-35-27(21-39)15-25(19-37)33(41-35)43-29/h11-18H,3-10H2,1-2H3. The van der Waals surface area contributed by atoms with Crippen LogP contribution in [0.4, 0.5) is 0 Å². The van der Waals surface area contributed by atoms with E-state index in [9.17, 15) is 21.0 Å². The molecule has 4 aromatic rings. The third-order valence-corrected chi connectivity index (χ3v) is 7.26. The lowest BCUT2D eigenvalue weighted by molar-refractivity contribution is 0.404. The molecule has 0 radical (unpaired) electrons. The smallest absolute Gasteiger partial charge is 0.240 e. The minimum atomic E-state index is -0.0488. The molecule has 46 heavy (non-hydrogen) atoms. The SMILES string of the molecule is CCCCCc1cc2cc(c1)Oc1nc(c(C#N)cc1C#N)Oc1cc(CCCCC)cc(c1)Oc1nc(c(C#N)cc1C#N)O2. The number of aryl methyl sites for hydroxylation is 2. The van der Waals surface area contributed by atoms with E-state index in [1.807, 2.05) is 24.3 Å². The summed E-state index contributed by atoms with van der Waals surface area (Å²) in [7, 11) is 0. The number of hydrogen-bond donors (Lipinski definition) is 0. The quantitative estimate of drug-likeness (QED) is 0.155. The summed E-state index contributed by atoms with van der Waals surface area (Å²) >= 11 is 0. The fraction of sp³-hybridized carbons (Fsp3) is 0.278. The van der Waals surface area contributed by atoms with Crippen molar-refractivity contribution in [3.8, 4) is 70.8 Å². The van der Waals surface area contributed by atoms with E-state index in [2.05, 4.69) is 48.1 Å². The topological polar surface area (TPSA) is 158 Å². The molecule has 0 amide bonds. The van der Waals surface area contributed by atoms with E-state index in [-0.39, 0.29) is 45.8 Å². The molecule has 0 fully saturated rings. The van der Waals surface area contributed by atoms with Crippen molar-refractivity contribution >= 4 is 0 Å². The number of benzene rings is 2. The number of ether oxygens (including phenoxy) is 4. The highest BCUT2D eigenvalue weighted by atomic mass is 16.5. The molecule has 0 aliphatic carbocycles. The maximum Gasteiger partial charge on any atom is 0.240 e. The normalized spacial score (nSPS) is 11.3. The number of nitrogens with zero attached hydrogens (tertiary/aromatic N) is 6. The third kappa shape index (κ3) is 7.33. The molecule has 2 aromatic heterocycles. The van der Waals surface area contributed by atoms with E-state index in [1.165, 1.54) is 12.1 Å². The largest absolute Gasteiger partial charge is 0.437 e. The fourth-order valence-corrected chi connectivity index (χ4v) is 4.98. The maximum atomic E-state index is 9.90. The Hall–Kier alpha value is -6.10. The Morgan fingerprint density at radius 1 is 0.457 bits per heavy atom. The van der Waals surface area contributed by atoms with Crippen LogP contribution in [-0.4, -0.2) is 9.97 Å². The fourth-order valence-electron chi connectivity index (χ4n) is 4.98. The monoisotopic (exact) mass is 610 g/mol. The molecular weight excluding hydrogens is 580 g/mol. The van der Waals surface area contributed by atoms with Crippen LogP contribution in [0.5, 0.6) is 46.5 Å². The van der Waals surface area contributed by atoms with Crippen LogP contribution in [0.25, 0.3) is 0 Å². The van der Waals surface area contributed by atoms with Crippen LogP contribution in [0.2, 0.25) is 0 Å². The van der Waals surface area contributed by atoms with Crippen LogP contribution in [0, 0.1) is 45.3 Å². The number of fused-ring (bicyclic) bond motifs is 8. The zero-order chi connectivity index (χ0) is 32.5. The Labute approximate surface area is 267 Å². The average molecular weight is 611 g/mol. The summed E-state index contributed by atoms with van der Waals surface area (Å²) in [4.78, 5) is 8.94. The lowest BCUT2D eigenvalue weighted by Gasteiger charge is -2.16. The summed E-state index contributed by atoms with van der Waals surface area (Å²) in [6.07, 6.45) is 7.40. The molecule has 8 bridgehead atoms. The average Bonchev–Trinajstić information content (AvgIpc) is 3.05. The van der Waals surface area contributed by atoms with Gasteiger partial charge in [0.25, 0.3) is 0 Å². The first-order chi connectivity index (χ1) is 22.5. The van der Waals surface area contributed by atoms with E-state index < -0.39 is 0 Å². The second kappa shape index (κ2) is 14.6. The molecule has 0 atom stereocenters. The molecule has 10 heteroatoms. The van der Waals surface area contributed by atoms with E-state index in [0.717, 1.165) is 62.5 Å². The van der Waals surface area contributed by atoms with E-state index in [1.54, 1.807) is 12.1 Å². The lowest BCUT2D eigenvalue weighted by Crippen LogP contribution is -2.02. The van der Waals surface area contributed by atoms with E-state index in [0.29, 0.717) is 23.0 Å². The van der Waals surface area contributed by atoms with Crippen LogP contribution in [0.15, 0.2) is 48.5 Å². The maximum absolute atomic E-state index is 9.90. The van der Waals surface area contributed by atoms with Gasteiger partial charge in [0.1, 0.15) is 69.5 Å². The van der Waals surface area contributed by atoms with Crippen LogP contribution in [0.3, 0.4) is 0 Å². The molecule has 1 aliphatic rings. The van der Waals surface area contributed by atoms with Crippen molar-refractivity contribution in [3.63, 3.8) is 0 Å². The van der Waals surface area contributed by atoms with Crippen molar-refractivity contribution in [2.45, 2.75) is 65.2 Å². The van der Waals surface area contributed by atoms with Gasteiger partial charge < -0.3 is 18.9 Å². The molecule has 0 saturated carbocycles. The van der Waals surface area contributed by atoms with Gasteiger partial charge in [-0.05, 0) is 73.2 Å².